The van der Waals surface area contributed by atoms with Crippen LogP contribution in [0.15, 0.2) is 64.0 Å². The SMILES string of the molecule is O=C(N[C@@H]1C[C@H]1c1cccc(F)c1)c1ccc(-c2ccco2)[nH]c1=O. The highest BCUT2D eigenvalue weighted by molar-refractivity contribution is 5.94. The molecule has 2 heterocycles. The van der Waals surface area contributed by atoms with Crippen molar-refractivity contribution < 1.29 is 13.6 Å². The van der Waals surface area contributed by atoms with Gasteiger partial charge in [-0.1, -0.05) is 12.1 Å². The molecule has 25 heavy (non-hydrogen) atoms. The van der Waals surface area contributed by atoms with E-state index in [2.05, 4.69) is 10.3 Å². The molecule has 1 fully saturated rings. The smallest absolute Gasteiger partial charge is 0.261 e. The van der Waals surface area contributed by atoms with Gasteiger partial charge in [0.2, 0.25) is 0 Å². The Labute approximate surface area is 142 Å². The Morgan fingerprint density at radius 2 is 2.08 bits per heavy atom. The maximum absolute atomic E-state index is 13.3. The minimum absolute atomic E-state index is 0.0419. The molecule has 0 bridgehead atoms. The molecule has 2 aromatic heterocycles. The molecule has 3 aromatic rings. The van der Waals surface area contributed by atoms with E-state index in [1.807, 2.05) is 6.07 Å². The molecule has 0 spiro atoms. The highest BCUT2D eigenvalue weighted by Crippen LogP contribution is 2.40. The van der Waals surface area contributed by atoms with E-state index >= 15 is 0 Å². The van der Waals surface area contributed by atoms with E-state index in [0.29, 0.717) is 11.5 Å². The number of hydrogen-bond acceptors (Lipinski definition) is 3. The predicted molar refractivity (Wildman–Crippen MR) is 89.8 cm³/mol. The summed E-state index contributed by atoms with van der Waals surface area (Å²) in [4.78, 5) is 27.1. The number of rotatable bonds is 4. The average Bonchev–Trinajstić information content (AvgIpc) is 3.14. The fourth-order valence-electron chi connectivity index (χ4n) is 2.93. The van der Waals surface area contributed by atoms with Gasteiger partial charge in [0, 0.05) is 12.0 Å². The molecule has 4 rings (SSSR count). The molecule has 0 unspecified atom stereocenters. The first-order valence-electron chi connectivity index (χ1n) is 7.95. The number of carbonyl (C=O) groups excluding carboxylic acids is 1. The number of hydrogen-bond donors (Lipinski definition) is 2. The van der Waals surface area contributed by atoms with Crippen LogP contribution in [-0.4, -0.2) is 16.9 Å². The van der Waals surface area contributed by atoms with Crippen LogP contribution < -0.4 is 10.9 Å². The van der Waals surface area contributed by atoms with Gasteiger partial charge in [-0.15, -0.1) is 0 Å². The summed E-state index contributed by atoms with van der Waals surface area (Å²) in [5.41, 5.74) is 0.928. The first-order valence-corrected chi connectivity index (χ1v) is 7.95. The monoisotopic (exact) mass is 338 g/mol. The van der Waals surface area contributed by atoms with Crippen LogP contribution in [-0.2, 0) is 0 Å². The molecule has 0 radical (unpaired) electrons. The molecule has 0 saturated heterocycles. The Kier molecular flexibility index (Phi) is 3.72. The van der Waals surface area contributed by atoms with Crippen molar-refractivity contribution in [2.45, 2.75) is 18.4 Å². The summed E-state index contributed by atoms with van der Waals surface area (Å²) in [7, 11) is 0. The number of aromatic nitrogens is 1. The largest absolute Gasteiger partial charge is 0.463 e. The van der Waals surface area contributed by atoms with Crippen LogP contribution in [0.25, 0.3) is 11.5 Å². The lowest BCUT2D eigenvalue weighted by Crippen LogP contribution is -2.31. The van der Waals surface area contributed by atoms with Gasteiger partial charge in [-0.2, -0.15) is 0 Å². The molecule has 6 heteroatoms. The quantitative estimate of drug-likeness (QED) is 0.768. The number of benzene rings is 1. The molecule has 1 aliphatic rings. The van der Waals surface area contributed by atoms with Gasteiger partial charge in [0.1, 0.15) is 17.1 Å². The van der Waals surface area contributed by atoms with Gasteiger partial charge in [0.25, 0.3) is 11.5 Å². The number of amides is 1. The number of halogens is 1. The van der Waals surface area contributed by atoms with Crippen molar-refractivity contribution in [3.8, 4) is 11.5 Å². The third-order valence-electron chi connectivity index (χ3n) is 4.32. The molecule has 1 saturated carbocycles. The second-order valence-corrected chi connectivity index (χ2v) is 6.07. The van der Waals surface area contributed by atoms with Crippen LogP contribution in [0.3, 0.4) is 0 Å². The standard InChI is InChI=1S/C19H15FN2O3/c20-12-4-1-3-11(9-12)14-10-16(14)22-19(24)13-6-7-15(21-18(13)23)17-5-2-8-25-17/h1-9,14,16H,10H2,(H,21,23)(H,22,24)/t14-,16+/m0/s1. The van der Waals surface area contributed by atoms with Crippen LogP contribution in [0.4, 0.5) is 4.39 Å². The van der Waals surface area contributed by atoms with Crippen molar-refractivity contribution in [3.05, 3.63) is 82.1 Å². The van der Waals surface area contributed by atoms with Crippen LogP contribution in [0.5, 0.6) is 0 Å². The van der Waals surface area contributed by atoms with Crippen LogP contribution in [0.2, 0.25) is 0 Å². The molecule has 5 nitrogen and oxygen atoms in total. The average molecular weight is 338 g/mol. The predicted octanol–water partition coefficient (Wildman–Crippen LogP) is 3.06. The Balaban J connectivity index is 1.46. The maximum atomic E-state index is 13.3. The van der Waals surface area contributed by atoms with E-state index in [0.717, 1.165) is 12.0 Å². The molecule has 2 N–H and O–H groups in total. The van der Waals surface area contributed by atoms with E-state index in [4.69, 9.17) is 4.42 Å². The molecule has 1 aromatic carbocycles. The van der Waals surface area contributed by atoms with Crippen molar-refractivity contribution in [3.63, 3.8) is 0 Å². The highest BCUT2D eigenvalue weighted by Gasteiger charge is 2.40. The summed E-state index contributed by atoms with van der Waals surface area (Å²) in [6, 6.07) is 12.8. The zero-order valence-corrected chi connectivity index (χ0v) is 13.2. The summed E-state index contributed by atoms with van der Waals surface area (Å²) in [5, 5.41) is 2.83. The summed E-state index contributed by atoms with van der Waals surface area (Å²) in [6.07, 6.45) is 2.24. The van der Waals surface area contributed by atoms with Crippen molar-refractivity contribution in [1.82, 2.24) is 10.3 Å². The zero-order valence-electron chi connectivity index (χ0n) is 13.2. The normalized spacial score (nSPS) is 18.8. The van der Waals surface area contributed by atoms with E-state index < -0.39 is 11.5 Å². The lowest BCUT2D eigenvalue weighted by molar-refractivity contribution is 0.0949. The number of furan rings is 1. The fourth-order valence-corrected chi connectivity index (χ4v) is 2.93. The second kappa shape index (κ2) is 6.05. The molecule has 1 amide bonds. The second-order valence-electron chi connectivity index (χ2n) is 6.07. The summed E-state index contributed by atoms with van der Waals surface area (Å²) >= 11 is 0. The Hall–Kier alpha value is -3.15. The number of pyridine rings is 1. The molecule has 126 valence electrons. The van der Waals surface area contributed by atoms with Gasteiger partial charge in [0.15, 0.2) is 0 Å². The number of carbonyl (C=O) groups is 1. The lowest BCUT2D eigenvalue weighted by Gasteiger charge is -2.05. The molecule has 1 aliphatic carbocycles. The molecule has 0 aliphatic heterocycles. The first kappa shape index (κ1) is 15.4. The molecular weight excluding hydrogens is 323 g/mol. The third-order valence-corrected chi connectivity index (χ3v) is 4.32. The lowest BCUT2D eigenvalue weighted by atomic mass is 10.1. The molecular formula is C19H15FN2O3. The van der Waals surface area contributed by atoms with Crippen LogP contribution in [0, 0.1) is 5.82 Å². The Morgan fingerprint density at radius 1 is 1.20 bits per heavy atom. The van der Waals surface area contributed by atoms with E-state index in [9.17, 15) is 14.0 Å². The van der Waals surface area contributed by atoms with Gasteiger partial charge < -0.3 is 14.7 Å². The van der Waals surface area contributed by atoms with Crippen LogP contribution in [0.1, 0.15) is 28.3 Å². The highest BCUT2D eigenvalue weighted by atomic mass is 19.1. The molecule has 2 atom stereocenters. The van der Waals surface area contributed by atoms with Gasteiger partial charge in [-0.3, -0.25) is 9.59 Å². The number of aromatic amines is 1. The topological polar surface area (TPSA) is 75.1 Å². The third kappa shape index (κ3) is 3.10. The van der Waals surface area contributed by atoms with Crippen molar-refractivity contribution in [1.29, 1.82) is 0 Å². The Morgan fingerprint density at radius 3 is 2.80 bits per heavy atom. The van der Waals surface area contributed by atoms with Gasteiger partial charge in [-0.25, -0.2) is 4.39 Å². The van der Waals surface area contributed by atoms with Crippen molar-refractivity contribution in [2.75, 3.05) is 0 Å². The number of nitrogens with one attached hydrogen (secondary N) is 2. The van der Waals surface area contributed by atoms with Gasteiger partial charge >= 0.3 is 0 Å². The zero-order chi connectivity index (χ0) is 17.4. The van der Waals surface area contributed by atoms with Crippen molar-refractivity contribution >= 4 is 5.91 Å². The minimum Gasteiger partial charge on any atom is -0.463 e. The van der Waals surface area contributed by atoms with E-state index in [-0.39, 0.29) is 23.3 Å². The Bertz CT molecular complexity index is 978. The number of H-pyrrole nitrogens is 1. The fraction of sp³-hybridized carbons (Fsp3) is 0.158. The maximum Gasteiger partial charge on any atom is 0.261 e. The van der Waals surface area contributed by atoms with Gasteiger partial charge in [0.05, 0.1) is 12.0 Å². The van der Waals surface area contributed by atoms with Crippen LogP contribution >= 0.6 is 0 Å². The first-order chi connectivity index (χ1) is 12.1. The van der Waals surface area contributed by atoms with E-state index in [1.54, 1.807) is 24.3 Å². The van der Waals surface area contributed by atoms with Crippen molar-refractivity contribution in [2.24, 2.45) is 0 Å². The van der Waals surface area contributed by atoms with Gasteiger partial charge in [-0.05, 0) is 48.4 Å². The summed E-state index contributed by atoms with van der Waals surface area (Å²) in [6.45, 7) is 0. The minimum atomic E-state index is -0.477. The van der Waals surface area contributed by atoms with E-state index in [1.165, 1.54) is 24.5 Å². The summed E-state index contributed by atoms with van der Waals surface area (Å²) in [5.74, 6) is -0.117. The summed E-state index contributed by atoms with van der Waals surface area (Å²) < 4.78 is 18.5.